The summed E-state index contributed by atoms with van der Waals surface area (Å²) in [5.74, 6) is -0.904. The standard InChI is InChI=1S/C19H17ClFN3O2S/c20-13-6-5-11(9-14(13)21)23-16(25)7-8-24-10-22-18-17(19(24)26)12-3-1-2-4-15(12)27-18/h5-6,9-10H,1-4,7-8H2,(H,23,25). The van der Waals surface area contributed by atoms with Crippen molar-refractivity contribution in [2.24, 2.45) is 0 Å². The third-order valence-electron chi connectivity index (χ3n) is 4.72. The molecular formula is C19H17ClFN3O2S. The van der Waals surface area contributed by atoms with Crippen LogP contribution in [-0.2, 0) is 24.2 Å². The number of thiophene rings is 1. The zero-order valence-corrected chi connectivity index (χ0v) is 16.0. The van der Waals surface area contributed by atoms with Crippen LogP contribution in [0, 0.1) is 5.82 Å². The molecule has 1 aliphatic rings. The quantitative estimate of drug-likeness (QED) is 0.708. The summed E-state index contributed by atoms with van der Waals surface area (Å²) in [6, 6.07) is 4.08. The summed E-state index contributed by atoms with van der Waals surface area (Å²) in [5.41, 5.74) is 1.37. The summed E-state index contributed by atoms with van der Waals surface area (Å²) >= 11 is 7.23. The number of fused-ring (bicyclic) bond motifs is 3. The molecule has 0 fully saturated rings. The van der Waals surface area contributed by atoms with Crippen molar-refractivity contribution in [1.29, 1.82) is 0 Å². The smallest absolute Gasteiger partial charge is 0.262 e. The van der Waals surface area contributed by atoms with Crippen molar-refractivity contribution in [3.63, 3.8) is 0 Å². The molecule has 8 heteroatoms. The van der Waals surface area contributed by atoms with E-state index in [-0.39, 0.29) is 29.5 Å². The Balaban J connectivity index is 1.50. The normalized spacial score (nSPS) is 13.6. The molecule has 140 valence electrons. The second-order valence-electron chi connectivity index (χ2n) is 6.56. The number of benzene rings is 1. The molecule has 2 aromatic heterocycles. The average Bonchev–Trinajstić information content (AvgIpc) is 3.03. The molecule has 0 radical (unpaired) electrons. The number of nitrogens with one attached hydrogen (secondary N) is 1. The van der Waals surface area contributed by atoms with Gasteiger partial charge in [-0.25, -0.2) is 9.37 Å². The lowest BCUT2D eigenvalue weighted by atomic mass is 9.97. The number of aromatic nitrogens is 2. The second kappa shape index (κ2) is 7.40. The number of rotatable bonds is 4. The van der Waals surface area contributed by atoms with Gasteiger partial charge in [0.1, 0.15) is 10.6 Å². The van der Waals surface area contributed by atoms with Crippen molar-refractivity contribution in [3.8, 4) is 0 Å². The van der Waals surface area contributed by atoms with Gasteiger partial charge in [-0.1, -0.05) is 11.6 Å². The Labute approximate surface area is 163 Å². The van der Waals surface area contributed by atoms with Gasteiger partial charge in [0.2, 0.25) is 5.91 Å². The van der Waals surface area contributed by atoms with Gasteiger partial charge >= 0.3 is 0 Å². The Morgan fingerprint density at radius 1 is 1.33 bits per heavy atom. The fourth-order valence-corrected chi connectivity index (χ4v) is 4.70. The molecule has 1 amide bonds. The fourth-order valence-electron chi connectivity index (χ4n) is 3.36. The molecule has 0 aliphatic heterocycles. The van der Waals surface area contributed by atoms with Crippen molar-refractivity contribution in [3.05, 3.63) is 56.2 Å². The Morgan fingerprint density at radius 3 is 2.96 bits per heavy atom. The van der Waals surface area contributed by atoms with E-state index >= 15 is 0 Å². The number of hydrogen-bond donors (Lipinski definition) is 1. The largest absolute Gasteiger partial charge is 0.326 e. The van der Waals surface area contributed by atoms with E-state index in [4.69, 9.17) is 11.6 Å². The summed E-state index contributed by atoms with van der Waals surface area (Å²) in [6.45, 7) is 0.217. The Hall–Kier alpha value is -2.25. The van der Waals surface area contributed by atoms with Crippen molar-refractivity contribution in [2.45, 2.75) is 38.6 Å². The van der Waals surface area contributed by atoms with Gasteiger partial charge < -0.3 is 5.32 Å². The maximum absolute atomic E-state index is 13.5. The van der Waals surface area contributed by atoms with Crippen molar-refractivity contribution < 1.29 is 9.18 Å². The maximum atomic E-state index is 13.5. The van der Waals surface area contributed by atoms with Gasteiger partial charge in [0.15, 0.2) is 0 Å². The van der Waals surface area contributed by atoms with E-state index < -0.39 is 5.82 Å². The van der Waals surface area contributed by atoms with Gasteiger partial charge in [-0.15, -0.1) is 11.3 Å². The number of halogens is 2. The van der Waals surface area contributed by atoms with E-state index in [0.717, 1.165) is 42.1 Å². The zero-order chi connectivity index (χ0) is 19.0. The van der Waals surface area contributed by atoms with E-state index in [1.807, 2.05) is 0 Å². The van der Waals surface area contributed by atoms with Crippen LogP contribution in [0.1, 0.15) is 29.7 Å². The molecule has 0 bridgehead atoms. The van der Waals surface area contributed by atoms with Gasteiger partial charge in [0.25, 0.3) is 5.56 Å². The first kappa shape index (κ1) is 18.1. The first-order valence-electron chi connectivity index (χ1n) is 8.77. The molecule has 0 unspecified atom stereocenters. The lowest BCUT2D eigenvalue weighted by Crippen LogP contribution is -2.24. The molecule has 0 atom stereocenters. The predicted octanol–water partition coefficient (Wildman–Crippen LogP) is 4.16. The molecule has 4 rings (SSSR count). The van der Waals surface area contributed by atoms with E-state index in [1.165, 1.54) is 27.9 Å². The number of anilines is 1. The van der Waals surface area contributed by atoms with Crippen LogP contribution in [0.5, 0.6) is 0 Å². The molecular weight excluding hydrogens is 389 g/mol. The number of nitrogens with zero attached hydrogens (tertiary/aromatic N) is 2. The first-order valence-corrected chi connectivity index (χ1v) is 9.97. The third kappa shape index (κ3) is 3.61. The number of aryl methyl sites for hydroxylation is 3. The van der Waals surface area contributed by atoms with Gasteiger partial charge in [0.05, 0.1) is 16.7 Å². The fraction of sp³-hybridized carbons (Fsp3) is 0.316. The highest BCUT2D eigenvalue weighted by Gasteiger charge is 2.20. The minimum Gasteiger partial charge on any atom is -0.326 e. The van der Waals surface area contributed by atoms with Gasteiger partial charge in [-0.2, -0.15) is 0 Å². The molecule has 1 aromatic carbocycles. The molecule has 0 spiro atoms. The van der Waals surface area contributed by atoms with E-state index in [9.17, 15) is 14.0 Å². The highest BCUT2D eigenvalue weighted by atomic mass is 35.5. The molecule has 1 N–H and O–H groups in total. The lowest BCUT2D eigenvalue weighted by molar-refractivity contribution is -0.116. The Morgan fingerprint density at radius 2 is 2.15 bits per heavy atom. The molecule has 2 heterocycles. The van der Waals surface area contributed by atoms with Crippen LogP contribution in [0.15, 0.2) is 29.3 Å². The highest BCUT2D eigenvalue weighted by molar-refractivity contribution is 7.18. The number of amides is 1. The Bertz CT molecular complexity index is 1090. The van der Waals surface area contributed by atoms with Crippen LogP contribution in [0.3, 0.4) is 0 Å². The molecule has 27 heavy (non-hydrogen) atoms. The zero-order valence-electron chi connectivity index (χ0n) is 14.4. The van der Waals surface area contributed by atoms with Crippen LogP contribution >= 0.6 is 22.9 Å². The third-order valence-corrected chi connectivity index (χ3v) is 6.23. The van der Waals surface area contributed by atoms with Crippen molar-refractivity contribution >= 4 is 44.7 Å². The SMILES string of the molecule is O=C(CCn1cnc2sc3c(c2c1=O)CCCC3)Nc1ccc(Cl)c(F)c1. The molecule has 0 saturated heterocycles. The highest BCUT2D eigenvalue weighted by Crippen LogP contribution is 2.33. The van der Waals surface area contributed by atoms with Gasteiger partial charge in [-0.05, 0) is 49.4 Å². The number of carbonyl (C=O) groups is 1. The summed E-state index contributed by atoms with van der Waals surface area (Å²) in [4.78, 5) is 31.4. The minimum absolute atomic E-state index is 0.00183. The van der Waals surface area contributed by atoms with Crippen molar-refractivity contribution in [1.82, 2.24) is 9.55 Å². The van der Waals surface area contributed by atoms with E-state index in [1.54, 1.807) is 11.3 Å². The number of carbonyl (C=O) groups excluding carboxylic acids is 1. The van der Waals surface area contributed by atoms with Gasteiger partial charge in [0, 0.05) is 23.5 Å². The van der Waals surface area contributed by atoms with Crippen LogP contribution < -0.4 is 10.9 Å². The van der Waals surface area contributed by atoms with Crippen LogP contribution in [0.25, 0.3) is 10.2 Å². The molecule has 5 nitrogen and oxygen atoms in total. The van der Waals surface area contributed by atoms with Gasteiger partial charge in [-0.3, -0.25) is 14.2 Å². The summed E-state index contributed by atoms with van der Waals surface area (Å²) < 4.78 is 14.9. The molecule has 1 aliphatic carbocycles. The molecule has 0 saturated carbocycles. The molecule has 3 aromatic rings. The van der Waals surface area contributed by atoms with Crippen LogP contribution in [0.4, 0.5) is 10.1 Å². The van der Waals surface area contributed by atoms with E-state index in [2.05, 4.69) is 10.3 Å². The second-order valence-corrected chi connectivity index (χ2v) is 8.05. The lowest BCUT2D eigenvalue weighted by Gasteiger charge is -2.10. The summed E-state index contributed by atoms with van der Waals surface area (Å²) in [7, 11) is 0. The predicted molar refractivity (Wildman–Crippen MR) is 105 cm³/mol. The monoisotopic (exact) mass is 405 g/mol. The maximum Gasteiger partial charge on any atom is 0.262 e. The van der Waals surface area contributed by atoms with E-state index in [0.29, 0.717) is 11.1 Å². The van der Waals surface area contributed by atoms with Crippen LogP contribution in [0.2, 0.25) is 5.02 Å². The van der Waals surface area contributed by atoms with Crippen LogP contribution in [-0.4, -0.2) is 15.5 Å². The summed E-state index contributed by atoms with van der Waals surface area (Å²) in [5, 5.41) is 3.31. The minimum atomic E-state index is -0.595. The Kier molecular flexibility index (Phi) is 4.97. The number of hydrogen-bond acceptors (Lipinski definition) is 4. The topological polar surface area (TPSA) is 64.0 Å². The average molecular weight is 406 g/mol. The van der Waals surface area contributed by atoms with Crippen molar-refractivity contribution in [2.75, 3.05) is 5.32 Å². The first-order chi connectivity index (χ1) is 13.0. The summed E-state index contributed by atoms with van der Waals surface area (Å²) in [6.07, 6.45) is 5.76.